The van der Waals surface area contributed by atoms with Crippen LogP contribution in [-0.2, 0) is 0 Å². The van der Waals surface area contributed by atoms with E-state index in [0.29, 0.717) is 17.9 Å². The van der Waals surface area contributed by atoms with Gasteiger partial charge < -0.3 is 8.83 Å². The molecule has 0 aliphatic rings. The Labute approximate surface area is 93.3 Å². The van der Waals surface area contributed by atoms with Gasteiger partial charge in [-0.2, -0.15) is 4.85 Å². The molecule has 0 radical (unpaired) electrons. The molecule has 0 unspecified atom stereocenters. The van der Waals surface area contributed by atoms with Crippen molar-refractivity contribution in [1.29, 1.82) is 0 Å². The molecule has 0 saturated carbocycles. The number of furan rings is 2. The van der Waals surface area contributed by atoms with Crippen molar-refractivity contribution < 1.29 is 13.6 Å². The van der Waals surface area contributed by atoms with E-state index in [1.165, 1.54) is 0 Å². The van der Waals surface area contributed by atoms with Gasteiger partial charge in [0.05, 0.1) is 12.3 Å². The molecule has 0 atom stereocenters. The van der Waals surface area contributed by atoms with E-state index < -0.39 is 0 Å². The molecule has 0 amide bonds. The van der Waals surface area contributed by atoms with Gasteiger partial charge in [-0.15, -0.1) is 0 Å². The molecule has 2 aromatic heterocycles. The summed E-state index contributed by atoms with van der Waals surface area (Å²) in [6.45, 7) is 10.1. The Morgan fingerprint density at radius 1 is 1.12 bits per heavy atom. The fraction of sp³-hybridized carbons (Fsp3) is 0.167. The predicted octanol–water partition coefficient (Wildman–Crippen LogP) is 3.54. The zero-order chi connectivity index (χ0) is 12.0. The second-order valence-electron chi connectivity index (χ2n) is 3.06. The van der Waals surface area contributed by atoms with Crippen molar-refractivity contribution in [3.63, 3.8) is 0 Å². The van der Waals surface area contributed by atoms with Crippen LogP contribution in [-0.4, -0.2) is 6.29 Å². The zero-order valence-electron chi connectivity index (χ0n) is 9.06. The summed E-state index contributed by atoms with van der Waals surface area (Å²) < 4.78 is 9.74. The molecule has 16 heavy (non-hydrogen) atoms. The lowest BCUT2D eigenvalue weighted by molar-refractivity contribution is 0.109. The minimum Gasteiger partial charge on any atom is -0.485 e. The van der Waals surface area contributed by atoms with Gasteiger partial charge >= 0.3 is 5.88 Å². The minimum atomic E-state index is 0.363. The molecule has 0 aliphatic heterocycles. The third-order valence-electron chi connectivity index (χ3n) is 1.71. The maximum Gasteiger partial charge on any atom is 0.345 e. The smallest absolute Gasteiger partial charge is 0.345 e. The summed E-state index contributed by atoms with van der Waals surface area (Å²) in [7, 11) is 0. The summed E-state index contributed by atoms with van der Waals surface area (Å²) in [5.41, 5.74) is 0. The van der Waals surface area contributed by atoms with Gasteiger partial charge in [0.2, 0.25) is 0 Å². The van der Waals surface area contributed by atoms with Gasteiger partial charge in [-0.25, -0.2) is 0 Å². The molecule has 4 heteroatoms. The molecule has 82 valence electrons. The second kappa shape index (κ2) is 5.56. The van der Waals surface area contributed by atoms with Gasteiger partial charge in [-0.1, -0.05) is 0 Å². The number of carbonyl (C=O) groups excluding carboxylic acids is 1. The molecule has 4 nitrogen and oxygen atoms in total. The molecule has 0 bridgehead atoms. The number of nitrogens with zero attached hydrogens (tertiary/aromatic N) is 1. The highest BCUT2D eigenvalue weighted by Crippen LogP contribution is 2.14. The summed E-state index contributed by atoms with van der Waals surface area (Å²) in [6, 6.07) is 6.82. The van der Waals surface area contributed by atoms with Gasteiger partial charge in [0, 0.05) is 0 Å². The lowest BCUT2D eigenvalue weighted by Gasteiger charge is -1.75. The van der Waals surface area contributed by atoms with Crippen molar-refractivity contribution in [2.24, 2.45) is 0 Å². The van der Waals surface area contributed by atoms with Crippen molar-refractivity contribution in [3.8, 4) is 0 Å². The van der Waals surface area contributed by atoms with Crippen LogP contribution in [0.25, 0.3) is 4.85 Å². The van der Waals surface area contributed by atoms with Crippen molar-refractivity contribution in [2.45, 2.75) is 13.8 Å². The van der Waals surface area contributed by atoms with Crippen LogP contribution >= 0.6 is 0 Å². The Morgan fingerprint density at radius 3 is 2.00 bits per heavy atom. The molecule has 0 fully saturated rings. The average Bonchev–Trinajstić information content (AvgIpc) is 2.88. The van der Waals surface area contributed by atoms with Gasteiger partial charge in [0.25, 0.3) is 0 Å². The number of aldehydes is 1. The first-order valence-electron chi connectivity index (χ1n) is 4.61. The van der Waals surface area contributed by atoms with Crippen molar-refractivity contribution in [2.75, 3.05) is 0 Å². The highest BCUT2D eigenvalue weighted by molar-refractivity contribution is 5.70. The van der Waals surface area contributed by atoms with E-state index in [1.807, 2.05) is 6.92 Å². The van der Waals surface area contributed by atoms with E-state index in [2.05, 4.69) is 4.85 Å². The molecular weight excluding hydrogens is 206 g/mol. The fourth-order valence-corrected chi connectivity index (χ4v) is 0.998. The van der Waals surface area contributed by atoms with Gasteiger partial charge in [0.1, 0.15) is 5.76 Å². The molecule has 0 aliphatic carbocycles. The molecule has 0 spiro atoms. The molecule has 0 N–H and O–H groups in total. The number of hydrogen-bond donors (Lipinski definition) is 0. The summed E-state index contributed by atoms with van der Waals surface area (Å²) in [5, 5.41) is 0. The van der Waals surface area contributed by atoms with E-state index >= 15 is 0 Å². The van der Waals surface area contributed by atoms with Crippen LogP contribution < -0.4 is 0 Å². The second-order valence-corrected chi connectivity index (χ2v) is 3.06. The molecular formula is C12H11NO3. The first-order chi connectivity index (χ1) is 7.65. The molecule has 2 heterocycles. The van der Waals surface area contributed by atoms with E-state index in [-0.39, 0.29) is 0 Å². The van der Waals surface area contributed by atoms with Crippen LogP contribution in [0.1, 0.15) is 22.1 Å². The Kier molecular flexibility index (Phi) is 4.10. The Hall–Kier alpha value is -2.28. The summed E-state index contributed by atoms with van der Waals surface area (Å²) >= 11 is 0. The highest BCUT2D eigenvalue weighted by Gasteiger charge is 1.92. The van der Waals surface area contributed by atoms with Crippen LogP contribution in [0.4, 0.5) is 5.88 Å². The number of rotatable bonds is 1. The summed E-state index contributed by atoms with van der Waals surface area (Å²) in [4.78, 5) is 13.0. The van der Waals surface area contributed by atoms with Gasteiger partial charge in [-0.3, -0.25) is 4.79 Å². The minimum absolute atomic E-state index is 0.363. The molecule has 2 aromatic rings. The number of hydrogen-bond acceptors (Lipinski definition) is 3. The largest absolute Gasteiger partial charge is 0.485 e. The molecule has 0 aromatic carbocycles. The lowest BCUT2D eigenvalue weighted by atomic mass is 10.5. The molecule has 2 rings (SSSR count). The number of aryl methyl sites for hydroxylation is 2. The average molecular weight is 217 g/mol. The van der Waals surface area contributed by atoms with E-state index in [4.69, 9.17) is 15.4 Å². The lowest BCUT2D eigenvalue weighted by Crippen LogP contribution is -1.66. The topological polar surface area (TPSA) is 47.7 Å². The van der Waals surface area contributed by atoms with E-state index in [0.717, 1.165) is 11.5 Å². The highest BCUT2D eigenvalue weighted by atomic mass is 16.4. The predicted molar refractivity (Wildman–Crippen MR) is 58.5 cm³/mol. The first-order valence-corrected chi connectivity index (χ1v) is 4.61. The fourth-order valence-electron chi connectivity index (χ4n) is 0.998. The van der Waals surface area contributed by atoms with Gasteiger partial charge in [-0.05, 0) is 38.1 Å². The van der Waals surface area contributed by atoms with Crippen molar-refractivity contribution >= 4 is 12.2 Å². The van der Waals surface area contributed by atoms with Gasteiger partial charge in [0.15, 0.2) is 12.0 Å². The normalized spacial score (nSPS) is 8.81. The Balaban J connectivity index is 0.000000160. The number of carbonyl (C=O) groups is 1. The maximum absolute atomic E-state index is 9.93. The van der Waals surface area contributed by atoms with Crippen molar-refractivity contribution in [3.05, 3.63) is 53.0 Å². The van der Waals surface area contributed by atoms with Crippen LogP contribution in [0.2, 0.25) is 0 Å². The van der Waals surface area contributed by atoms with Crippen molar-refractivity contribution in [1.82, 2.24) is 0 Å². The van der Waals surface area contributed by atoms with Crippen LogP contribution in [0.15, 0.2) is 33.1 Å². The standard InChI is InChI=1S/C6H5NO.C6H6O2/c1-5-3-4-6(7-2)8-5;1-5-2-3-6(4-7)8-5/h3-4H,1H3;2-4H,1H3. The molecule has 0 saturated heterocycles. The Morgan fingerprint density at radius 2 is 1.75 bits per heavy atom. The monoisotopic (exact) mass is 217 g/mol. The first kappa shape index (κ1) is 11.8. The van der Waals surface area contributed by atoms with Crippen LogP contribution in [0.5, 0.6) is 0 Å². The summed E-state index contributed by atoms with van der Waals surface area (Å²) in [5.74, 6) is 2.31. The zero-order valence-corrected chi connectivity index (χ0v) is 9.06. The van der Waals surface area contributed by atoms with Crippen LogP contribution in [0, 0.1) is 20.4 Å². The third-order valence-corrected chi connectivity index (χ3v) is 1.71. The summed E-state index contributed by atoms with van der Waals surface area (Å²) in [6.07, 6.45) is 0.688. The van der Waals surface area contributed by atoms with E-state index in [9.17, 15) is 4.79 Å². The SMILES string of the molecule is Cc1ccc(C=O)o1.[C-]#[N+]c1ccc(C)o1. The Bertz CT molecular complexity index is 502. The van der Waals surface area contributed by atoms with E-state index in [1.54, 1.807) is 31.2 Å². The maximum atomic E-state index is 9.93. The third kappa shape index (κ3) is 3.46. The quantitative estimate of drug-likeness (QED) is 0.542. The van der Waals surface area contributed by atoms with Crippen LogP contribution in [0.3, 0.4) is 0 Å².